The van der Waals surface area contributed by atoms with Gasteiger partial charge in [-0.05, 0) is 51.0 Å². The first-order chi connectivity index (χ1) is 21.0. The minimum atomic E-state index is -2.48. The zero-order valence-corrected chi connectivity index (χ0v) is 25.3. The molecule has 0 spiro atoms. The Morgan fingerprint density at radius 2 is 1.87 bits per heavy atom. The summed E-state index contributed by atoms with van der Waals surface area (Å²) in [6.07, 6.45) is 2.08. The van der Waals surface area contributed by atoms with Gasteiger partial charge in [-0.2, -0.15) is 0 Å². The number of unbranched alkanes of at least 4 members (excludes halogenated alkanes) is 2. The lowest BCUT2D eigenvalue weighted by atomic mass is 9.45. The molecule has 0 aliphatic heterocycles. The van der Waals surface area contributed by atoms with E-state index in [4.69, 9.17) is 15.2 Å². The number of aliphatic hydroxyl groups is 3. The van der Waals surface area contributed by atoms with Crippen LogP contribution in [0.25, 0.3) is 0 Å². The lowest BCUT2D eigenvalue weighted by molar-refractivity contribution is -0.757. The Kier molecular flexibility index (Phi) is 9.88. The number of carbonyl (C=O) groups excluding carboxylic acids is 4. The number of aliphatic hydroxyl groups excluding tert-OH is 2. The van der Waals surface area contributed by atoms with Gasteiger partial charge >= 0.3 is 11.9 Å². The molecule has 15 heteroatoms. The van der Waals surface area contributed by atoms with Crippen LogP contribution in [0.5, 0.6) is 0 Å². The average Bonchev–Trinajstić information content (AvgIpc) is 3.18. The van der Waals surface area contributed by atoms with E-state index >= 15 is 4.39 Å². The van der Waals surface area contributed by atoms with Crippen molar-refractivity contribution in [3.63, 3.8) is 0 Å². The average molecular weight is 641 g/mol. The van der Waals surface area contributed by atoms with E-state index in [0.29, 0.717) is 24.8 Å². The van der Waals surface area contributed by atoms with Crippen molar-refractivity contribution in [3.05, 3.63) is 33.9 Å². The van der Waals surface area contributed by atoms with Crippen molar-refractivity contribution in [1.82, 2.24) is 0 Å². The summed E-state index contributed by atoms with van der Waals surface area (Å²) in [6, 6.07) is -1.45. The van der Waals surface area contributed by atoms with Crippen molar-refractivity contribution in [2.24, 2.45) is 28.4 Å². The quantitative estimate of drug-likeness (QED) is 0.0720. The molecule has 9 atom stereocenters. The van der Waals surface area contributed by atoms with Crippen LogP contribution in [0.1, 0.15) is 65.2 Å². The summed E-state index contributed by atoms with van der Waals surface area (Å²) in [7, 11) is 0. The van der Waals surface area contributed by atoms with E-state index in [1.54, 1.807) is 13.0 Å². The Balaban J connectivity index is 1.35. The second kappa shape index (κ2) is 12.9. The smallest absolute Gasteiger partial charge is 0.326 e. The summed E-state index contributed by atoms with van der Waals surface area (Å²) in [6.45, 7) is 1.51. The molecule has 4 aliphatic rings. The van der Waals surface area contributed by atoms with E-state index in [1.165, 1.54) is 19.1 Å². The molecule has 250 valence electrons. The highest BCUT2D eigenvalue weighted by atomic mass is 19.1. The van der Waals surface area contributed by atoms with Crippen LogP contribution >= 0.6 is 0 Å². The number of hydrogen-bond acceptors (Lipinski definition) is 13. The molecule has 0 heterocycles. The van der Waals surface area contributed by atoms with Gasteiger partial charge in [0.25, 0.3) is 5.09 Å². The van der Waals surface area contributed by atoms with E-state index in [0.717, 1.165) is 0 Å². The topological polar surface area (TPSA) is 226 Å². The number of fused-ring (bicyclic) bond motifs is 5. The fourth-order valence-electron chi connectivity index (χ4n) is 8.00. The standard InChI is InChI=1S/C30H41FN2O12/c1-27-10-9-18(34)12-17(27)7-8-19-20-13-22(35)30(40,28(20,2)14-23(36)29(19,27)31)24(37)16-44-26(39)21(32)15-43-25(38)6-4-3-5-11-45-33(41)42/h7,9-10,19-23,35-36,40H,3-6,8,11-16,32H2,1-2H3/t19-,20-,21?,22+,23-,27-,28-,29-,30-/m0/s1. The summed E-state index contributed by atoms with van der Waals surface area (Å²) in [5, 5.41) is 43.4. The molecule has 4 aliphatic carbocycles. The zero-order chi connectivity index (χ0) is 33.4. The first-order valence-electron chi connectivity index (χ1n) is 15.1. The third-order valence-corrected chi connectivity index (χ3v) is 10.5. The number of esters is 2. The molecule has 0 aromatic rings. The molecule has 0 radical (unpaired) electrons. The number of ether oxygens (including phenoxy) is 2. The lowest BCUT2D eigenvalue weighted by Gasteiger charge is -2.61. The highest BCUT2D eigenvalue weighted by Crippen LogP contribution is 2.69. The van der Waals surface area contributed by atoms with E-state index in [-0.39, 0.29) is 44.5 Å². The molecule has 0 bridgehead atoms. The van der Waals surface area contributed by atoms with E-state index in [1.807, 2.05) is 0 Å². The maximum absolute atomic E-state index is 17.2. The second-order valence-electron chi connectivity index (χ2n) is 13.0. The Bertz CT molecular complexity index is 1290. The minimum absolute atomic E-state index is 0.0267. The fraction of sp³-hybridized carbons (Fsp3) is 0.733. The normalized spacial score (nSPS) is 37.4. The SMILES string of the molecule is C[C@]12C=CC(=O)CC1=CC[C@H]1[C@@H]3C[C@@H](O)[C@](O)(C(=O)COC(=O)C(N)COC(=O)CCCCCO[N+](=O)[O-])[C@@]3(C)C[C@H](O)[C@@]12F. The van der Waals surface area contributed by atoms with Crippen LogP contribution in [0.2, 0.25) is 0 Å². The first kappa shape index (κ1) is 34.6. The van der Waals surface area contributed by atoms with Gasteiger partial charge in [0, 0.05) is 29.6 Å². The highest BCUT2D eigenvalue weighted by molar-refractivity contribution is 5.94. The molecule has 0 saturated heterocycles. The second-order valence-corrected chi connectivity index (χ2v) is 13.0. The number of hydrogen-bond donors (Lipinski definition) is 4. The Morgan fingerprint density at radius 3 is 2.56 bits per heavy atom. The maximum Gasteiger partial charge on any atom is 0.326 e. The number of ketones is 2. The van der Waals surface area contributed by atoms with Gasteiger partial charge in [-0.3, -0.25) is 19.2 Å². The Labute approximate surface area is 258 Å². The number of allylic oxidation sites excluding steroid dienone is 4. The van der Waals surface area contributed by atoms with Gasteiger partial charge in [0.2, 0.25) is 5.78 Å². The molecular formula is C30H41FN2O12. The third-order valence-electron chi connectivity index (χ3n) is 10.5. The summed E-state index contributed by atoms with van der Waals surface area (Å²) < 4.78 is 27.2. The van der Waals surface area contributed by atoms with Crippen molar-refractivity contribution >= 4 is 23.5 Å². The summed E-state index contributed by atoms with van der Waals surface area (Å²) >= 11 is 0. The number of Topliss-reactive ketones (excluding diaryl/α,β-unsaturated/α-hetero) is 1. The number of alkyl halides is 1. The summed E-state index contributed by atoms with van der Waals surface area (Å²) in [4.78, 5) is 64.1. The van der Waals surface area contributed by atoms with Crippen LogP contribution < -0.4 is 5.73 Å². The summed E-state index contributed by atoms with van der Waals surface area (Å²) in [5.41, 5.74) is -1.18. The van der Waals surface area contributed by atoms with Crippen LogP contribution in [-0.4, -0.2) is 93.3 Å². The molecule has 0 aromatic heterocycles. The van der Waals surface area contributed by atoms with Crippen LogP contribution in [0, 0.1) is 32.8 Å². The number of halogens is 1. The lowest BCUT2D eigenvalue weighted by Crippen LogP contribution is -2.69. The van der Waals surface area contributed by atoms with Crippen LogP contribution in [0.15, 0.2) is 23.8 Å². The van der Waals surface area contributed by atoms with Gasteiger partial charge in [0.1, 0.15) is 12.6 Å². The highest BCUT2D eigenvalue weighted by Gasteiger charge is 2.76. The van der Waals surface area contributed by atoms with Gasteiger partial charge < -0.3 is 35.4 Å². The molecular weight excluding hydrogens is 599 g/mol. The van der Waals surface area contributed by atoms with Crippen LogP contribution in [0.4, 0.5) is 4.39 Å². The molecule has 2 fully saturated rings. The molecule has 0 amide bonds. The van der Waals surface area contributed by atoms with Gasteiger partial charge in [-0.1, -0.05) is 31.1 Å². The van der Waals surface area contributed by atoms with Crippen molar-refractivity contribution in [2.45, 2.75) is 94.7 Å². The van der Waals surface area contributed by atoms with E-state index in [9.17, 15) is 44.6 Å². The zero-order valence-electron chi connectivity index (χ0n) is 25.3. The number of carbonyl (C=O) groups is 4. The van der Waals surface area contributed by atoms with Crippen LogP contribution in [0.3, 0.4) is 0 Å². The van der Waals surface area contributed by atoms with Crippen molar-refractivity contribution < 1.29 is 58.3 Å². The van der Waals surface area contributed by atoms with Crippen molar-refractivity contribution in [1.29, 1.82) is 0 Å². The summed E-state index contributed by atoms with van der Waals surface area (Å²) in [5.74, 6) is -4.62. The van der Waals surface area contributed by atoms with Crippen LogP contribution in [-0.2, 0) is 33.5 Å². The first-order valence-corrected chi connectivity index (χ1v) is 15.1. The number of nitrogens with two attached hydrogens (primary N) is 1. The van der Waals surface area contributed by atoms with Crippen molar-refractivity contribution in [2.75, 3.05) is 19.8 Å². The molecule has 45 heavy (non-hydrogen) atoms. The van der Waals surface area contributed by atoms with Gasteiger partial charge in [0.05, 0.1) is 18.8 Å². The number of nitrogens with zero attached hydrogens (tertiary/aromatic N) is 1. The Hall–Kier alpha value is -3.27. The molecule has 0 aromatic carbocycles. The van der Waals surface area contributed by atoms with E-state index < -0.39 is 88.2 Å². The minimum Gasteiger partial charge on any atom is -0.463 e. The van der Waals surface area contributed by atoms with Gasteiger partial charge in [0.15, 0.2) is 23.7 Å². The molecule has 4 rings (SSSR count). The predicted molar refractivity (Wildman–Crippen MR) is 151 cm³/mol. The Morgan fingerprint density at radius 1 is 1.16 bits per heavy atom. The maximum atomic E-state index is 17.2. The van der Waals surface area contributed by atoms with E-state index in [2.05, 4.69) is 4.84 Å². The fourth-order valence-corrected chi connectivity index (χ4v) is 8.00. The molecule has 5 N–H and O–H groups in total. The predicted octanol–water partition coefficient (Wildman–Crippen LogP) is 0.811. The van der Waals surface area contributed by atoms with Gasteiger partial charge in [-0.15, -0.1) is 10.1 Å². The number of rotatable bonds is 13. The third kappa shape index (κ3) is 5.90. The molecule has 1 unspecified atom stereocenters. The molecule has 2 saturated carbocycles. The monoisotopic (exact) mass is 640 g/mol. The molecule has 14 nitrogen and oxygen atoms in total. The van der Waals surface area contributed by atoms with Gasteiger partial charge in [-0.25, -0.2) is 4.39 Å². The van der Waals surface area contributed by atoms with Crippen molar-refractivity contribution in [3.8, 4) is 0 Å². The largest absolute Gasteiger partial charge is 0.463 e.